The third-order valence-corrected chi connectivity index (χ3v) is 6.20. The van der Waals surface area contributed by atoms with Crippen LogP contribution in [0.15, 0.2) is 26.9 Å². The first-order valence-corrected chi connectivity index (χ1v) is 7.99. The molecule has 0 N–H and O–H groups in total. The van der Waals surface area contributed by atoms with Crippen molar-refractivity contribution < 1.29 is 21.4 Å². The van der Waals surface area contributed by atoms with Gasteiger partial charge < -0.3 is 0 Å². The highest BCUT2D eigenvalue weighted by atomic mass is 32.3. The van der Waals surface area contributed by atoms with E-state index in [4.69, 9.17) is 0 Å². The van der Waals surface area contributed by atoms with Gasteiger partial charge in [-0.15, -0.1) is 0 Å². The highest BCUT2D eigenvalue weighted by Crippen LogP contribution is 2.19. The topological polar surface area (TPSA) is 66.8 Å². The first-order chi connectivity index (χ1) is 8.06. The second-order valence-corrected chi connectivity index (χ2v) is 7.94. The summed E-state index contributed by atoms with van der Waals surface area (Å²) < 4.78 is 65.8. The molecular weight excluding hydrogens is 286 g/mol. The first-order valence-electron chi connectivity index (χ1n) is 4.67. The molecule has 0 heterocycles. The predicted molar refractivity (Wildman–Crippen MR) is 63.7 cm³/mol. The lowest BCUT2D eigenvalue weighted by molar-refractivity contribution is 0.553. The van der Waals surface area contributed by atoms with Gasteiger partial charge in [0.05, 0.1) is 0 Å². The van der Waals surface area contributed by atoms with Crippen molar-refractivity contribution in [3.8, 4) is 0 Å². The minimum absolute atomic E-state index is 0.499. The highest BCUT2D eigenvalue weighted by molar-refractivity contribution is 8.01. The van der Waals surface area contributed by atoms with E-state index in [-0.39, 0.29) is 0 Å². The summed E-state index contributed by atoms with van der Waals surface area (Å²) >= 11 is 0. The van der Waals surface area contributed by atoms with Crippen LogP contribution in [-0.4, -0.2) is 37.3 Å². The van der Waals surface area contributed by atoms with Gasteiger partial charge in [0.2, 0.25) is 0 Å². The van der Waals surface area contributed by atoms with Crippen LogP contribution in [0.4, 0.5) is 8.78 Å². The van der Waals surface area contributed by atoms with Crippen LogP contribution in [-0.2, 0) is 19.9 Å². The van der Waals surface area contributed by atoms with Crippen molar-refractivity contribution >= 4 is 19.9 Å². The van der Waals surface area contributed by atoms with Gasteiger partial charge in [-0.05, 0) is 18.2 Å². The fourth-order valence-electron chi connectivity index (χ4n) is 0.964. The molecule has 0 saturated heterocycles. The Balaban J connectivity index is 3.50. The van der Waals surface area contributed by atoms with Crippen LogP contribution in [0.25, 0.3) is 0 Å². The fourth-order valence-corrected chi connectivity index (χ4v) is 3.85. The molecule has 0 saturated carbocycles. The van der Waals surface area contributed by atoms with Gasteiger partial charge in [0, 0.05) is 20.4 Å². The lowest BCUT2D eigenvalue weighted by Gasteiger charge is -2.11. The molecule has 0 fully saturated rings. The van der Waals surface area contributed by atoms with Crippen LogP contribution in [0, 0.1) is 11.6 Å². The molecule has 1 atom stereocenters. The minimum atomic E-state index is -4.52. The predicted octanol–water partition coefficient (Wildman–Crippen LogP) is 1.23. The first kappa shape index (κ1) is 15.0. The van der Waals surface area contributed by atoms with Crippen LogP contribution in [0.3, 0.4) is 0 Å². The molecule has 18 heavy (non-hydrogen) atoms. The minimum Gasteiger partial charge on any atom is -0.233 e. The number of hydrogen-bond donors (Lipinski definition) is 0. The average Bonchev–Trinajstić information content (AvgIpc) is 2.19. The van der Waals surface area contributed by atoms with E-state index in [0.29, 0.717) is 12.1 Å². The van der Waals surface area contributed by atoms with Gasteiger partial charge in [0.25, 0.3) is 10.0 Å². The molecule has 1 unspecified atom stereocenters. The second kappa shape index (κ2) is 4.90. The highest BCUT2D eigenvalue weighted by Gasteiger charge is 2.22. The number of rotatable bonds is 3. The van der Waals surface area contributed by atoms with E-state index >= 15 is 0 Å². The van der Waals surface area contributed by atoms with E-state index in [0.717, 1.165) is 16.6 Å². The van der Waals surface area contributed by atoms with Crippen molar-refractivity contribution in [3.05, 3.63) is 29.8 Å². The van der Waals surface area contributed by atoms with Crippen molar-refractivity contribution in [2.24, 2.45) is 3.77 Å². The molecule has 9 heteroatoms. The molecule has 0 radical (unpaired) electrons. The number of hydrogen-bond acceptors (Lipinski definition) is 3. The summed E-state index contributed by atoms with van der Waals surface area (Å²) in [4.78, 5) is -0.932. The maximum atomic E-state index is 13.3. The summed E-state index contributed by atoms with van der Waals surface area (Å²) in [6.07, 6.45) is 1.09. The molecule has 0 aliphatic carbocycles. The zero-order valence-electron chi connectivity index (χ0n) is 9.92. The monoisotopic (exact) mass is 298 g/mol. The molecule has 1 aromatic rings. The van der Waals surface area contributed by atoms with E-state index in [9.17, 15) is 21.4 Å². The summed E-state index contributed by atoms with van der Waals surface area (Å²) in [6, 6.07) is 1.95. The molecule has 5 nitrogen and oxygen atoms in total. The number of sulfonamides is 1. The van der Waals surface area contributed by atoms with Crippen LogP contribution in [0.2, 0.25) is 0 Å². The lowest BCUT2D eigenvalue weighted by Crippen LogP contribution is -2.21. The molecular formula is C9H12F2N2O3S2. The maximum absolute atomic E-state index is 13.3. The van der Waals surface area contributed by atoms with E-state index < -0.39 is 36.5 Å². The SMILES string of the molecule is CN(C)S(C)(=O)=NS(=O)(=O)c1cc(F)ccc1F. The van der Waals surface area contributed by atoms with E-state index in [1.807, 2.05) is 0 Å². The van der Waals surface area contributed by atoms with Gasteiger partial charge in [-0.2, -0.15) is 8.42 Å². The zero-order valence-corrected chi connectivity index (χ0v) is 11.6. The molecule has 0 bridgehead atoms. The summed E-state index contributed by atoms with van der Waals surface area (Å²) in [5.74, 6) is -2.06. The second-order valence-electron chi connectivity index (χ2n) is 3.70. The van der Waals surface area contributed by atoms with Gasteiger partial charge in [-0.1, -0.05) is 3.77 Å². The molecule has 0 aromatic heterocycles. The Bertz CT molecular complexity index is 677. The van der Waals surface area contributed by atoms with Crippen molar-refractivity contribution in [1.29, 1.82) is 0 Å². The quantitative estimate of drug-likeness (QED) is 0.843. The van der Waals surface area contributed by atoms with Gasteiger partial charge in [-0.3, -0.25) is 0 Å². The molecule has 102 valence electrons. The Morgan fingerprint density at radius 3 is 2.22 bits per heavy atom. The normalized spacial score (nSPS) is 15.4. The van der Waals surface area contributed by atoms with Crippen LogP contribution in [0.1, 0.15) is 0 Å². The Hall–Kier alpha value is -1.06. The summed E-state index contributed by atoms with van der Waals surface area (Å²) in [5.41, 5.74) is 0. The average molecular weight is 298 g/mol. The van der Waals surface area contributed by atoms with Crippen LogP contribution < -0.4 is 0 Å². The molecule has 1 aromatic carbocycles. The summed E-state index contributed by atoms with van der Waals surface area (Å²) in [5, 5.41) is 0. The van der Waals surface area contributed by atoms with Gasteiger partial charge in [0.1, 0.15) is 26.4 Å². The number of halogens is 2. The maximum Gasteiger partial charge on any atom is 0.294 e. The molecule has 1 rings (SSSR count). The fraction of sp³-hybridized carbons (Fsp3) is 0.333. The summed E-state index contributed by atoms with van der Waals surface area (Å²) in [7, 11) is -5.00. The van der Waals surface area contributed by atoms with E-state index in [1.165, 1.54) is 14.1 Å². The molecule has 0 aliphatic rings. The third-order valence-electron chi connectivity index (χ3n) is 2.09. The van der Waals surface area contributed by atoms with Crippen molar-refractivity contribution in [3.63, 3.8) is 0 Å². The Kier molecular flexibility index (Phi) is 4.08. The third kappa shape index (κ3) is 3.24. The Labute approximate surface area is 105 Å². The van der Waals surface area contributed by atoms with E-state index in [1.54, 1.807) is 0 Å². The van der Waals surface area contributed by atoms with Crippen LogP contribution >= 0.6 is 0 Å². The van der Waals surface area contributed by atoms with Gasteiger partial charge >= 0.3 is 0 Å². The molecule has 0 spiro atoms. The van der Waals surface area contributed by atoms with E-state index in [2.05, 4.69) is 3.77 Å². The largest absolute Gasteiger partial charge is 0.294 e. The zero-order chi connectivity index (χ0) is 14.1. The van der Waals surface area contributed by atoms with Gasteiger partial charge in [-0.25, -0.2) is 17.3 Å². The molecule has 0 amide bonds. The van der Waals surface area contributed by atoms with Crippen molar-refractivity contribution in [2.45, 2.75) is 4.90 Å². The Morgan fingerprint density at radius 2 is 1.72 bits per heavy atom. The Morgan fingerprint density at radius 1 is 1.17 bits per heavy atom. The van der Waals surface area contributed by atoms with Crippen LogP contribution in [0.5, 0.6) is 0 Å². The van der Waals surface area contributed by atoms with Crippen molar-refractivity contribution in [1.82, 2.24) is 4.31 Å². The molecule has 0 aliphatic heterocycles. The van der Waals surface area contributed by atoms with Gasteiger partial charge in [0.15, 0.2) is 0 Å². The number of nitrogens with zero attached hydrogens (tertiary/aromatic N) is 2. The lowest BCUT2D eigenvalue weighted by atomic mass is 10.3. The smallest absolute Gasteiger partial charge is 0.233 e. The standard InChI is InChI=1S/C9H12F2N2O3S2/c1-13(2)17(3,14)12-18(15,16)9-6-7(10)4-5-8(9)11/h4-6H,1-3H3. The van der Waals surface area contributed by atoms with Crippen molar-refractivity contribution in [2.75, 3.05) is 20.4 Å². The summed E-state index contributed by atoms with van der Waals surface area (Å²) in [6.45, 7) is 0. The number of benzene rings is 1.